The summed E-state index contributed by atoms with van der Waals surface area (Å²) < 4.78 is 0. The summed E-state index contributed by atoms with van der Waals surface area (Å²) in [5.41, 5.74) is 1.17. The Balaban J connectivity index is 1.56. The molecule has 0 spiro atoms. The molecule has 4 rings (SSSR count). The van der Waals surface area contributed by atoms with Crippen LogP contribution in [0.2, 0.25) is 0 Å². The van der Waals surface area contributed by atoms with Crippen molar-refractivity contribution in [1.29, 1.82) is 0 Å². The molecule has 0 heterocycles. The van der Waals surface area contributed by atoms with E-state index in [0.717, 1.165) is 48.3 Å². The number of hydrogen-bond donors (Lipinski definition) is 1. The fourth-order valence-corrected chi connectivity index (χ4v) is 8.87. The normalized spacial score (nSPS) is 53.6. The predicted octanol–water partition coefficient (Wildman–Crippen LogP) is 6.44. The second kappa shape index (κ2) is 6.54. The third-order valence-electron chi connectivity index (χ3n) is 10.1. The average Bonchev–Trinajstić information content (AvgIpc) is 2.93. The Morgan fingerprint density at radius 1 is 0.920 bits per heavy atom. The number of fused-ring (bicyclic) bond motifs is 5. The van der Waals surface area contributed by atoms with Gasteiger partial charge in [0.1, 0.15) is 0 Å². The molecule has 4 aliphatic rings. The largest absolute Gasteiger partial charge is 0.393 e. The quantitative estimate of drug-likeness (QED) is 0.623. The lowest BCUT2D eigenvalue weighted by Crippen LogP contribution is -2.54. The molecule has 0 aromatic rings. The zero-order chi connectivity index (χ0) is 17.8. The van der Waals surface area contributed by atoms with Gasteiger partial charge in [0.15, 0.2) is 0 Å². The monoisotopic (exact) mass is 346 g/mol. The van der Waals surface area contributed by atoms with Gasteiger partial charge in [0, 0.05) is 0 Å². The van der Waals surface area contributed by atoms with Crippen LogP contribution in [0.15, 0.2) is 0 Å². The Morgan fingerprint density at radius 3 is 2.40 bits per heavy atom. The molecular weight excluding hydrogens is 304 g/mol. The molecule has 0 aromatic carbocycles. The summed E-state index contributed by atoms with van der Waals surface area (Å²) in [6.45, 7) is 10.2. The Kier molecular flexibility index (Phi) is 4.79. The molecule has 4 aliphatic carbocycles. The molecule has 9 unspecified atom stereocenters. The minimum Gasteiger partial charge on any atom is -0.393 e. The van der Waals surface area contributed by atoms with Crippen LogP contribution in [0.25, 0.3) is 0 Å². The highest BCUT2D eigenvalue weighted by atomic mass is 16.3. The molecule has 0 bridgehead atoms. The first-order valence-electron chi connectivity index (χ1n) is 11.6. The van der Waals surface area contributed by atoms with Crippen molar-refractivity contribution in [3.63, 3.8) is 0 Å². The summed E-state index contributed by atoms with van der Waals surface area (Å²) in [6.07, 6.45) is 15.1. The van der Waals surface area contributed by atoms with E-state index in [1.807, 2.05) is 0 Å². The molecule has 25 heavy (non-hydrogen) atoms. The summed E-state index contributed by atoms with van der Waals surface area (Å²) in [4.78, 5) is 0. The van der Waals surface area contributed by atoms with E-state index in [-0.39, 0.29) is 6.10 Å². The van der Waals surface area contributed by atoms with Crippen molar-refractivity contribution in [1.82, 2.24) is 0 Å². The minimum atomic E-state index is -0.00534. The molecule has 1 nitrogen and oxygen atoms in total. The highest BCUT2D eigenvalue weighted by Gasteiger charge is 2.60. The van der Waals surface area contributed by atoms with Crippen molar-refractivity contribution >= 4 is 0 Å². The highest BCUT2D eigenvalue weighted by Crippen LogP contribution is 2.68. The van der Waals surface area contributed by atoms with Crippen molar-refractivity contribution in [2.24, 2.45) is 46.3 Å². The predicted molar refractivity (Wildman–Crippen MR) is 105 cm³/mol. The van der Waals surface area contributed by atoms with Crippen molar-refractivity contribution in [2.75, 3.05) is 0 Å². The molecule has 0 aliphatic heterocycles. The Bertz CT molecular complexity index is 486. The molecule has 0 radical (unpaired) electrons. The van der Waals surface area contributed by atoms with Crippen LogP contribution in [0, 0.1) is 46.3 Å². The maximum atomic E-state index is 10.2. The first-order chi connectivity index (χ1) is 11.9. The van der Waals surface area contributed by atoms with Gasteiger partial charge < -0.3 is 5.11 Å². The molecule has 0 aromatic heterocycles. The summed E-state index contributed by atoms with van der Waals surface area (Å²) in [5, 5.41) is 10.2. The lowest BCUT2D eigenvalue weighted by atomic mass is 9.44. The van der Waals surface area contributed by atoms with Gasteiger partial charge >= 0.3 is 0 Å². The second-order valence-corrected chi connectivity index (χ2v) is 11.1. The van der Waals surface area contributed by atoms with Crippen LogP contribution in [0.1, 0.15) is 98.3 Å². The molecule has 9 atom stereocenters. The number of aliphatic hydroxyl groups is 1. The molecule has 1 heteroatoms. The van der Waals surface area contributed by atoms with E-state index in [0.29, 0.717) is 10.8 Å². The van der Waals surface area contributed by atoms with E-state index in [1.54, 1.807) is 0 Å². The van der Waals surface area contributed by atoms with Crippen LogP contribution in [0.5, 0.6) is 0 Å². The van der Waals surface area contributed by atoms with E-state index in [4.69, 9.17) is 0 Å². The Hall–Kier alpha value is -0.0400. The molecule has 0 saturated heterocycles. The molecule has 1 N–H and O–H groups in total. The van der Waals surface area contributed by atoms with Crippen molar-refractivity contribution in [3.05, 3.63) is 0 Å². The second-order valence-electron chi connectivity index (χ2n) is 11.1. The smallest absolute Gasteiger partial charge is 0.0543 e. The minimum absolute atomic E-state index is 0.00534. The molecular formula is C24H42O. The summed E-state index contributed by atoms with van der Waals surface area (Å²) >= 11 is 0. The number of aliphatic hydroxyl groups excluding tert-OH is 1. The fraction of sp³-hybridized carbons (Fsp3) is 1.00. The van der Waals surface area contributed by atoms with Gasteiger partial charge in [-0.3, -0.25) is 0 Å². The third kappa shape index (κ3) is 2.74. The maximum Gasteiger partial charge on any atom is 0.0543 e. The van der Waals surface area contributed by atoms with Crippen LogP contribution in [0.3, 0.4) is 0 Å². The molecule has 144 valence electrons. The standard InChI is InChI=1S/C24H42O/c1-5-6-16(2)20-9-10-21-19-8-7-17-15-18(25)11-13-23(17,3)22(19)12-14-24(20,21)4/h16-22,25H,5-15H2,1-4H3. The Morgan fingerprint density at radius 2 is 1.64 bits per heavy atom. The van der Waals surface area contributed by atoms with Gasteiger partial charge in [-0.25, -0.2) is 0 Å². The summed E-state index contributed by atoms with van der Waals surface area (Å²) in [6, 6.07) is 0. The molecule has 4 fully saturated rings. The van der Waals surface area contributed by atoms with Gasteiger partial charge in [0.05, 0.1) is 6.10 Å². The SMILES string of the molecule is CCCC(C)C1CCC2C3CCC4CC(O)CCC4(C)C3CCC12C. The van der Waals surface area contributed by atoms with Gasteiger partial charge in [-0.15, -0.1) is 0 Å². The summed E-state index contributed by atoms with van der Waals surface area (Å²) in [5.74, 6) is 5.66. The van der Waals surface area contributed by atoms with Gasteiger partial charge in [-0.1, -0.05) is 40.5 Å². The van der Waals surface area contributed by atoms with Gasteiger partial charge in [-0.2, -0.15) is 0 Å². The van der Waals surface area contributed by atoms with Crippen LogP contribution >= 0.6 is 0 Å². The van der Waals surface area contributed by atoms with E-state index >= 15 is 0 Å². The van der Waals surface area contributed by atoms with Gasteiger partial charge in [0.2, 0.25) is 0 Å². The third-order valence-corrected chi connectivity index (χ3v) is 10.1. The van der Waals surface area contributed by atoms with Crippen molar-refractivity contribution in [3.8, 4) is 0 Å². The first kappa shape index (κ1) is 18.3. The van der Waals surface area contributed by atoms with Crippen molar-refractivity contribution in [2.45, 2.75) is 104 Å². The van der Waals surface area contributed by atoms with E-state index < -0.39 is 0 Å². The molecule has 0 amide bonds. The number of hydrogen-bond acceptors (Lipinski definition) is 1. The topological polar surface area (TPSA) is 20.2 Å². The zero-order valence-electron chi connectivity index (χ0n) is 17.3. The van der Waals surface area contributed by atoms with Crippen LogP contribution in [-0.4, -0.2) is 11.2 Å². The maximum absolute atomic E-state index is 10.2. The average molecular weight is 347 g/mol. The lowest BCUT2D eigenvalue weighted by Gasteiger charge is -2.61. The van der Waals surface area contributed by atoms with E-state index in [9.17, 15) is 5.11 Å². The van der Waals surface area contributed by atoms with E-state index in [2.05, 4.69) is 27.7 Å². The highest BCUT2D eigenvalue weighted by molar-refractivity contribution is 5.09. The van der Waals surface area contributed by atoms with Crippen LogP contribution < -0.4 is 0 Å². The van der Waals surface area contributed by atoms with Crippen molar-refractivity contribution < 1.29 is 5.11 Å². The van der Waals surface area contributed by atoms with Gasteiger partial charge in [0.25, 0.3) is 0 Å². The van der Waals surface area contributed by atoms with Gasteiger partial charge in [-0.05, 0) is 104 Å². The Labute approximate surface area is 156 Å². The van der Waals surface area contributed by atoms with Crippen LogP contribution in [0.4, 0.5) is 0 Å². The zero-order valence-corrected chi connectivity index (χ0v) is 17.3. The van der Waals surface area contributed by atoms with Crippen LogP contribution in [-0.2, 0) is 0 Å². The molecule has 4 saturated carbocycles. The van der Waals surface area contributed by atoms with E-state index in [1.165, 1.54) is 57.8 Å². The summed E-state index contributed by atoms with van der Waals surface area (Å²) in [7, 11) is 0. The lowest BCUT2D eigenvalue weighted by molar-refractivity contribution is -0.129. The number of rotatable bonds is 3. The fourth-order valence-electron chi connectivity index (χ4n) is 8.87. The first-order valence-corrected chi connectivity index (χ1v) is 11.6.